The number of hydrogen-bond donors (Lipinski definition) is 1. The lowest BCUT2D eigenvalue weighted by Crippen LogP contribution is -2.31. The van der Waals surface area contributed by atoms with Crippen LogP contribution >= 0.6 is 11.3 Å². The van der Waals surface area contributed by atoms with E-state index in [0.29, 0.717) is 0 Å². The van der Waals surface area contributed by atoms with Gasteiger partial charge in [0.05, 0.1) is 12.0 Å². The number of carbonyl (C=O) groups excluding carboxylic acids is 1. The summed E-state index contributed by atoms with van der Waals surface area (Å²) in [5, 5.41) is 9.32. The average molecular weight is 265 g/mol. The standard InChI is InChI=1S/C13H15NO3S/c1-7-2-5-10(18-7)12-9(13(16)17)6-11(15)14(12)8-3-4-8/h2,5,8-9,12H,3-4,6H2,1H3,(H,16,17). The molecule has 1 saturated heterocycles. The fourth-order valence-corrected chi connectivity index (χ4v) is 3.75. The number of rotatable bonds is 3. The second kappa shape index (κ2) is 4.09. The molecule has 0 radical (unpaired) electrons. The van der Waals surface area contributed by atoms with E-state index in [4.69, 9.17) is 0 Å². The zero-order valence-electron chi connectivity index (χ0n) is 10.1. The molecule has 3 rings (SSSR count). The predicted molar refractivity (Wildman–Crippen MR) is 67.4 cm³/mol. The summed E-state index contributed by atoms with van der Waals surface area (Å²) in [5.41, 5.74) is 0. The highest BCUT2D eigenvalue weighted by molar-refractivity contribution is 7.12. The topological polar surface area (TPSA) is 57.6 Å². The molecule has 1 saturated carbocycles. The normalized spacial score (nSPS) is 27.8. The fraction of sp³-hybridized carbons (Fsp3) is 0.538. The van der Waals surface area contributed by atoms with E-state index < -0.39 is 11.9 Å². The number of aryl methyl sites for hydroxylation is 1. The van der Waals surface area contributed by atoms with Gasteiger partial charge in [-0.15, -0.1) is 11.3 Å². The van der Waals surface area contributed by atoms with Gasteiger partial charge in [0.25, 0.3) is 0 Å². The van der Waals surface area contributed by atoms with E-state index in [1.807, 2.05) is 24.0 Å². The maximum absolute atomic E-state index is 12.0. The molecular formula is C13H15NO3S. The summed E-state index contributed by atoms with van der Waals surface area (Å²) in [6, 6.07) is 3.98. The fourth-order valence-electron chi connectivity index (χ4n) is 2.71. The van der Waals surface area contributed by atoms with Crippen LogP contribution in [0.15, 0.2) is 12.1 Å². The summed E-state index contributed by atoms with van der Waals surface area (Å²) in [6.45, 7) is 2.00. The molecule has 1 amide bonds. The van der Waals surface area contributed by atoms with Crippen LogP contribution in [0.5, 0.6) is 0 Å². The van der Waals surface area contributed by atoms with Gasteiger partial charge < -0.3 is 10.0 Å². The Morgan fingerprint density at radius 1 is 1.44 bits per heavy atom. The molecule has 2 aliphatic rings. The van der Waals surface area contributed by atoms with Crippen molar-refractivity contribution in [3.63, 3.8) is 0 Å². The molecule has 1 aliphatic carbocycles. The van der Waals surface area contributed by atoms with Gasteiger partial charge in [-0.2, -0.15) is 0 Å². The molecule has 2 unspecified atom stereocenters. The molecule has 1 aliphatic heterocycles. The maximum atomic E-state index is 12.0. The van der Waals surface area contributed by atoms with E-state index in [1.165, 1.54) is 0 Å². The minimum Gasteiger partial charge on any atom is -0.481 e. The minimum atomic E-state index is -0.859. The van der Waals surface area contributed by atoms with Crippen LogP contribution in [-0.4, -0.2) is 27.9 Å². The van der Waals surface area contributed by atoms with Crippen molar-refractivity contribution in [3.05, 3.63) is 21.9 Å². The van der Waals surface area contributed by atoms with Gasteiger partial charge in [-0.1, -0.05) is 0 Å². The van der Waals surface area contributed by atoms with Gasteiger partial charge in [0.1, 0.15) is 0 Å². The first-order chi connectivity index (χ1) is 8.58. The Hall–Kier alpha value is -1.36. The average Bonchev–Trinajstić information content (AvgIpc) is 2.95. The highest BCUT2D eigenvalue weighted by atomic mass is 32.1. The van der Waals surface area contributed by atoms with E-state index in [9.17, 15) is 14.7 Å². The summed E-state index contributed by atoms with van der Waals surface area (Å²) in [6.07, 6.45) is 2.17. The molecule has 2 atom stereocenters. The van der Waals surface area contributed by atoms with Crippen LogP contribution in [0.4, 0.5) is 0 Å². The van der Waals surface area contributed by atoms with Gasteiger partial charge in [0.15, 0.2) is 0 Å². The summed E-state index contributed by atoms with van der Waals surface area (Å²) >= 11 is 1.60. The first-order valence-electron chi connectivity index (χ1n) is 6.18. The van der Waals surface area contributed by atoms with Gasteiger partial charge in [-0.3, -0.25) is 9.59 Å². The van der Waals surface area contributed by atoms with Crippen molar-refractivity contribution in [2.45, 2.75) is 38.3 Å². The molecule has 18 heavy (non-hydrogen) atoms. The summed E-state index contributed by atoms with van der Waals surface area (Å²) < 4.78 is 0. The van der Waals surface area contributed by atoms with Gasteiger partial charge >= 0.3 is 5.97 Å². The molecule has 1 aromatic heterocycles. The molecule has 1 aromatic rings. The number of hydrogen-bond acceptors (Lipinski definition) is 3. The number of amides is 1. The zero-order chi connectivity index (χ0) is 12.9. The van der Waals surface area contributed by atoms with Crippen LogP contribution in [0, 0.1) is 12.8 Å². The zero-order valence-corrected chi connectivity index (χ0v) is 10.9. The van der Waals surface area contributed by atoms with Crippen LogP contribution in [0.1, 0.15) is 35.1 Å². The Bertz CT molecular complexity index is 506. The van der Waals surface area contributed by atoms with E-state index in [1.54, 1.807) is 11.3 Å². The lowest BCUT2D eigenvalue weighted by molar-refractivity contribution is -0.142. The predicted octanol–water partition coefficient (Wildman–Crippen LogP) is 2.19. The maximum Gasteiger partial charge on any atom is 0.309 e. The lowest BCUT2D eigenvalue weighted by atomic mass is 9.99. The Balaban J connectivity index is 1.98. The van der Waals surface area contributed by atoms with Crippen LogP contribution in [-0.2, 0) is 9.59 Å². The third kappa shape index (κ3) is 1.82. The SMILES string of the molecule is Cc1ccc(C2C(C(=O)O)CC(=O)N2C2CC2)s1. The van der Waals surface area contributed by atoms with E-state index in [-0.39, 0.29) is 24.4 Å². The molecule has 2 fully saturated rings. The van der Waals surface area contributed by atoms with Gasteiger partial charge in [-0.05, 0) is 31.9 Å². The van der Waals surface area contributed by atoms with Crippen molar-refractivity contribution < 1.29 is 14.7 Å². The number of carboxylic acid groups (broad SMARTS) is 1. The highest BCUT2D eigenvalue weighted by Gasteiger charge is 2.50. The molecule has 0 aromatic carbocycles. The van der Waals surface area contributed by atoms with Crippen LogP contribution in [0.3, 0.4) is 0 Å². The number of nitrogens with zero attached hydrogens (tertiary/aromatic N) is 1. The lowest BCUT2D eigenvalue weighted by Gasteiger charge is -2.25. The molecule has 2 heterocycles. The minimum absolute atomic E-state index is 0.000882. The molecule has 4 nitrogen and oxygen atoms in total. The molecule has 0 spiro atoms. The Kier molecular flexibility index (Phi) is 2.66. The largest absolute Gasteiger partial charge is 0.481 e. The number of aliphatic carboxylic acids is 1. The first-order valence-corrected chi connectivity index (χ1v) is 7.00. The van der Waals surface area contributed by atoms with Crippen molar-refractivity contribution in [3.8, 4) is 0 Å². The summed E-state index contributed by atoms with van der Waals surface area (Å²) in [4.78, 5) is 27.4. The van der Waals surface area contributed by atoms with Crippen LogP contribution in [0.25, 0.3) is 0 Å². The Morgan fingerprint density at radius 2 is 2.17 bits per heavy atom. The summed E-state index contributed by atoms with van der Waals surface area (Å²) in [7, 11) is 0. The van der Waals surface area contributed by atoms with Crippen molar-refractivity contribution in [2.75, 3.05) is 0 Å². The summed E-state index contributed by atoms with van der Waals surface area (Å²) in [5.74, 6) is -1.44. The molecule has 5 heteroatoms. The van der Waals surface area contributed by atoms with Crippen molar-refractivity contribution >= 4 is 23.2 Å². The smallest absolute Gasteiger partial charge is 0.309 e. The van der Waals surface area contributed by atoms with Crippen LogP contribution < -0.4 is 0 Å². The molecule has 96 valence electrons. The second-order valence-corrected chi connectivity index (χ2v) is 6.39. The number of thiophene rings is 1. The third-order valence-corrected chi connectivity index (χ3v) is 4.74. The van der Waals surface area contributed by atoms with E-state index >= 15 is 0 Å². The van der Waals surface area contributed by atoms with Crippen molar-refractivity contribution in [1.82, 2.24) is 4.90 Å². The quantitative estimate of drug-likeness (QED) is 0.911. The van der Waals surface area contributed by atoms with E-state index in [2.05, 4.69) is 0 Å². The van der Waals surface area contributed by atoms with Gasteiger partial charge in [0.2, 0.25) is 5.91 Å². The second-order valence-electron chi connectivity index (χ2n) is 5.07. The molecule has 1 N–H and O–H groups in total. The Morgan fingerprint density at radius 3 is 2.67 bits per heavy atom. The third-order valence-electron chi connectivity index (χ3n) is 3.67. The van der Waals surface area contributed by atoms with Gasteiger partial charge in [-0.25, -0.2) is 0 Å². The Labute approximate surface area is 109 Å². The monoisotopic (exact) mass is 265 g/mol. The molecule has 0 bridgehead atoms. The van der Waals surface area contributed by atoms with Crippen LogP contribution in [0.2, 0.25) is 0 Å². The molecular weight excluding hydrogens is 250 g/mol. The first kappa shape index (κ1) is 11.7. The highest BCUT2D eigenvalue weighted by Crippen LogP contribution is 2.46. The number of carbonyl (C=O) groups is 2. The van der Waals surface area contributed by atoms with E-state index in [0.717, 1.165) is 22.6 Å². The van der Waals surface area contributed by atoms with Crippen molar-refractivity contribution in [2.24, 2.45) is 5.92 Å². The number of carboxylic acids is 1. The van der Waals surface area contributed by atoms with Gasteiger partial charge in [0, 0.05) is 22.2 Å². The number of likely N-dealkylation sites (tertiary alicyclic amines) is 1. The van der Waals surface area contributed by atoms with Crippen molar-refractivity contribution in [1.29, 1.82) is 0 Å².